The average Bonchev–Trinajstić information content (AvgIpc) is 3.47. The lowest BCUT2D eigenvalue weighted by molar-refractivity contribution is -0.119. The molecule has 2 heterocycles. The van der Waals surface area contributed by atoms with Crippen LogP contribution in [0.5, 0.6) is 0 Å². The molecule has 1 aromatic heterocycles. The smallest absolute Gasteiger partial charge is 0.262 e. The van der Waals surface area contributed by atoms with Gasteiger partial charge in [-0.15, -0.1) is 10.2 Å². The van der Waals surface area contributed by atoms with E-state index in [-0.39, 0.29) is 6.42 Å². The molecule has 0 spiro atoms. The van der Waals surface area contributed by atoms with Crippen molar-refractivity contribution in [3.8, 4) is 0 Å². The normalized spacial score (nSPS) is 16.5. The lowest BCUT2D eigenvalue weighted by atomic mass is 10.0. The Morgan fingerprint density at radius 2 is 1.63 bits per heavy atom. The number of hydrogen-bond acceptors (Lipinski definition) is 6. The molecule has 2 aliphatic rings. The number of amides is 3. The van der Waals surface area contributed by atoms with Gasteiger partial charge in [0, 0.05) is 12.3 Å². The second-order valence-corrected chi connectivity index (χ2v) is 8.45. The second-order valence-electron chi connectivity index (χ2n) is 7.44. The van der Waals surface area contributed by atoms with E-state index in [4.69, 9.17) is 0 Å². The molecule has 7 nitrogen and oxygen atoms in total. The molecule has 1 saturated carbocycles. The van der Waals surface area contributed by atoms with Gasteiger partial charge in [-0.1, -0.05) is 53.8 Å². The third-order valence-electron chi connectivity index (χ3n) is 5.31. The van der Waals surface area contributed by atoms with Crippen molar-refractivity contribution in [2.24, 2.45) is 0 Å². The molecule has 1 aliphatic carbocycles. The lowest BCUT2D eigenvalue weighted by Crippen LogP contribution is -2.48. The molecule has 0 bridgehead atoms. The van der Waals surface area contributed by atoms with Crippen molar-refractivity contribution in [1.29, 1.82) is 0 Å². The molecule has 150 valence electrons. The van der Waals surface area contributed by atoms with Gasteiger partial charge in [0.2, 0.25) is 11.0 Å². The van der Waals surface area contributed by atoms with Crippen molar-refractivity contribution in [2.45, 2.75) is 31.2 Å². The third kappa shape index (κ3) is 3.39. The summed E-state index contributed by atoms with van der Waals surface area (Å²) in [5.41, 5.74) is 1.49. The number of nitrogens with one attached hydrogen (secondary N) is 1. The highest BCUT2D eigenvalue weighted by atomic mass is 32.1. The maximum Gasteiger partial charge on any atom is 0.262 e. The van der Waals surface area contributed by atoms with Gasteiger partial charge in [-0.2, -0.15) is 0 Å². The van der Waals surface area contributed by atoms with E-state index in [1.54, 1.807) is 24.3 Å². The fraction of sp³-hybridized carbons (Fsp3) is 0.227. The summed E-state index contributed by atoms with van der Waals surface area (Å²) < 4.78 is 0. The number of carbonyl (C=O) groups excluding carboxylic acids is 3. The van der Waals surface area contributed by atoms with Crippen LogP contribution < -0.4 is 5.32 Å². The molecule has 0 saturated heterocycles. The number of carbonyl (C=O) groups is 3. The Morgan fingerprint density at radius 3 is 2.27 bits per heavy atom. The van der Waals surface area contributed by atoms with Crippen LogP contribution in [-0.4, -0.2) is 38.9 Å². The Hall–Kier alpha value is -3.39. The molecule has 1 aliphatic heterocycles. The molecule has 1 fully saturated rings. The first-order chi connectivity index (χ1) is 14.6. The van der Waals surface area contributed by atoms with E-state index in [1.807, 2.05) is 30.3 Å². The molecule has 0 radical (unpaired) electrons. The first-order valence-corrected chi connectivity index (χ1v) is 10.6. The van der Waals surface area contributed by atoms with Gasteiger partial charge in [0.05, 0.1) is 11.1 Å². The Kier molecular flexibility index (Phi) is 4.63. The molecule has 1 N–H and O–H groups in total. The van der Waals surface area contributed by atoms with Gasteiger partial charge < -0.3 is 0 Å². The maximum atomic E-state index is 13.2. The van der Waals surface area contributed by atoms with Crippen molar-refractivity contribution >= 4 is 34.2 Å². The van der Waals surface area contributed by atoms with E-state index < -0.39 is 23.8 Å². The zero-order valence-corrected chi connectivity index (χ0v) is 16.8. The number of imide groups is 1. The van der Waals surface area contributed by atoms with Crippen molar-refractivity contribution in [2.75, 3.05) is 5.32 Å². The molecule has 30 heavy (non-hydrogen) atoms. The molecule has 1 atom stereocenters. The predicted octanol–water partition coefficient (Wildman–Crippen LogP) is 3.26. The van der Waals surface area contributed by atoms with Gasteiger partial charge in [-0.05, 0) is 30.5 Å². The fourth-order valence-electron chi connectivity index (χ4n) is 3.60. The monoisotopic (exact) mass is 418 g/mol. The molecule has 3 aromatic rings. The van der Waals surface area contributed by atoms with Crippen molar-refractivity contribution in [1.82, 2.24) is 15.1 Å². The highest BCUT2D eigenvalue weighted by Gasteiger charge is 2.43. The molecular formula is C22H18N4O3S. The summed E-state index contributed by atoms with van der Waals surface area (Å²) in [6.45, 7) is 0. The Labute approximate surface area is 176 Å². The van der Waals surface area contributed by atoms with Gasteiger partial charge in [0.25, 0.3) is 11.8 Å². The van der Waals surface area contributed by atoms with E-state index in [0.29, 0.717) is 22.2 Å². The Bertz CT molecular complexity index is 1110. The summed E-state index contributed by atoms with van der Waals surface area (Å²) in [5.74, 6) is -0.929. The van der Waals surface area contributed by atoms with Crippen LogP contribution >= 0.6 is 11.3 Å². The van der Waals surface area contributed by atoms with Crippen molar-refractivity contribution in [3.63, 3.8) is 0 Å². The zero-order chi connectivity index (χ0) is 20.7. The van der Waals surface area contributed by atoms with E-state index in [2.05, 4.69) is 15.5 Å². The van der Waals surface area contributed by atoms with E-state index >= 15 is 0 Å². The van der Waals surface area contributed by atoms with Gasteiger partial charge in [0.1, 0.15) is 11.0 Å². The highest BCUT2D eigenvalue weighted by Crippen LogP contribution is 2.42. The summed E-state index contributed by atoms with van der Waals surface area (Å²) in [7, 11) is 0. The quantitative estimate of drug-likeness (QED) is 0.621. The number of hydrogen-bond donors (Lipinski definition) is 1. The van der Waals surface area contributed by atoms with Crippen LogP contribution in [0.3, 0.4) is 0 Å². The Balaban J connectivity index is 1.45. The van der Waals surface area contributed by atoms with Crippen LogP contribution in [-0.2, 0) is 11.2 Å². The van der Waals surface area contributed by atoms with E-state index in [0.717, 1.165) is 28.3 Å². The summed E-state index contributed by atoms with van der Waals surface area (Å²) >= 11 is 1.34. The van der Waals surface area contributed by atoms with E-state index in [9.17, 15) is 14.4 Å². The van der Waals surface area contributed by atoms with Crippen molar-refractivity contribution < 1.29 is 14.4 Å². The topological polar surface area (TPSA) is 92.3 Å². The Morgan fingerprint density at radius 1 is 1.00 bits per heavy atom. The highest BCUT2D eigenvalue weighted by molar-refractivity contribution is 7.15. The molecule has 3 amide bonds. The maximum absolute atomic E-state index is 13.2. The minimum Gasteiger partial charge on any atom is -0.299 e. The average molecular weight is 418 g/mol. The number of rotatable bonds is 6. The van der Waals surface area contributed by atoms with Crippen LogP contribution in [0.2, 0.25) is 0 Å². The molecule has 5 rings (SSSR count). The first-order valence-electron chi connectivity index (χ1n) is 9.77. The molecular weight excluding hydrogens is 400 g/mol. The summed E-state index contributed by atoms with van der Waals surface area (Å²) in [5, 5.41) is 12.3. The lowest BCUT2D eigenvalue weighted by Gasteiger charge is -2.25. The van der Waals surface area contributed by atoms with Crippen LogP contribution in [0.25, 0.3) is 0 Å². The minimum atomic E-state index is -0.993. The van der Waals surface area contributed by atoms with Gasteiger partial charge >= 0.3 is 0 Å². The number of nitrogens with zero attached hydrogens (tertiary/aromatic N) is 3. The van der Waals surface area contributed by atoms with E-state index in [1.165, 1.54) is 11.3 Å². The van der Waals surface area contributed by atoms with Gasteiger partial charge in [0.15, 0.2) is 0 Å². The molecule has 8 heteroatoms. The second kappa shape index (κ2) is 7.46. The minimum absolute atomic E-state index is 0.215. The van der Waals surface area contributed by atoms with Gasteiger partial charge in [-0.25, -0.2) is 0 Å². The first kappa shape index (κ1) is 18.6. The summed E-state index contributed by atoms with van der Waals surface area (Å²) in [4.78, 5) is 40.3. The largest absolute Gasteiger partial charge is 0.299 e. The number of aromatic nitrogens is 2. The van der Waals surface area contributed by atoms with Crippen LogP contribution in [0.15, 0.2) is 54.6 Å². The number of benzene rings is 2. The zero-order valence-electron chi connectivity index (χ0n) is 15.9. The molecule has 2 aromatic carbocycles. The van der Waals surface area contributed by atoms with Crippen LogP contribution in [0.1, 0.15) is 50.0 Å². The number of fused-ring (bicyclic) bond motifs is 1. The summed E-state index contributed by atoms with van der Waals surface area (Å²) in [6, 6.07) is 15.0. The summed E-state index contributed by atoms with van der Waals surface area (Å²) in [6.07, 6.45) is 2.40. The van der Waals surface area contributed by atoms with Gasteiger partial charge in [-0.3, -0.25) is 24.6 Å². The van der Waals surface area contributed by atoms with Crippen LogP contribution in [0.4, 0.5) is 5.13 Å². The third-order valence-corrected chi connectivity index (χ3v) is 6.31. The van der Waals surface area contributed by atoms with Crippen LogP contribution in [0, 0.1) is 0 Å². The van der Waals surface area contributed by atoms with Crippen molar-refractivity contribution in [3.05, 3.63) is 76.3 Å². The number of anilines is 1. The SMILES string of the molecule is O=C(Nc1nnc(C2CC2)s1)[C@H](Cc1ccccc1)N1C(=O)c2ccccc2C1=O. The predicted molar refractivity (Wildman–Crippen MR) is 111 cm³/mol. The fourth-order valence-corrected chi connectivity index (χ4v) is 4.51. The standard InChI is InChI=1S/C22H18N4O3S/c27-18(23-22-25-24-19(30-22)14-10-11-14)17(12-13-6-2-1-3-7-13)26-20(28)15-8-4-5-9-16(15)21(26)29/h1-9,14,17H,10-12H2,(H,23,25,27)/t17-/m0/s1. The molecule has 0 unspecified atom stereocenters.